The quantitative estimate of drug-likeness (QED) is 0.890. The molecule has 20 heavy (non-hydrogen) atoms. The van der Waals surface area contributed by atoms with E-state index in [1.165, 1.54) is 0 Å². The zero-order chi connectivity index (χ0) is 14.8. The molecule has 1 unspecified atom stereocenters. The molecule has 1 N–H and O–H groups in total. The Morgan fingerprint density at radius 1 is 1.40 bits per heavy atom. The summed E-state index contributed by atoms with van der Waals surface area (Å²) >= 11 is 6.11. The first kappa shape index (κ1) is 15.1. The Morgan fingerprint density at radius 2 is 2.15 bits per heavy atom. The molecule has 0 spiro atoms. The summed E-state index contributed by atoms with van der Waals surface area (Å²) in [5.41, 5.74) is 1.21. The summed E-state index contributed by atoms with van der Waals surface area (Å²) in [7, 11) is 0. The Bertz CT molecular complexity index is 490. The highest BCUT2D eigenvalue weighted by atomic mass is 35.5. The molecule has 4 nitrogen and oxygen atoms in total. The molecule has 0 radical (unpaired) electrons. The van der Waals surface area contributed by atoms with Gasteiger partial charge in [0.2, 0.25) is 0 Å². The van der Waals surface area contributed by atoms with Crippen LogP contribution in [0.1, 0.15) is 38.7 Å². The van der Waals surface area contributed by atoms with Crippen LogP contribution in [0.5, 0.6) is 0 Å². The maximum Gasteiger partial charge on any atom is 0.412 e. The van der Waals surface area contributed by atoms with Gasteiger partial charge in [-0.1, -0.05) is 11.6 Å². The molecule has 1 aliphatic heterocycles. The Balaban J connectivity index is 2.09. The van der Waals surface area contributed by atoms with Crippen molar-refractivity contribution in [2.45, 2.75) is 38.7 Å². The number of rotatable bonds is 2. The summed E-state index contributed by atoms with van der Waals surface area (Å²) in [5, 5.41) is 3.31. The van der Waals surface area contributed by atoms with Crippen molar-refractivity contribution >= 4 is 23.4 Å². The lowest BCUT2D eigenvalue weighted by atomic mass is 9.98. The van der Waals surface area contributed by atoms with Gasteiger partial charge in [-0.05, 0) is 51.0 Å². The number of benzene rings is 1. The third kappa shape index (κ3) is 4.39. The van der Waals surface area contributed by atoms with E-state index in [2.05, 4.69) is 5.32 Å². The Kier molecular flexibility index (Phi) is 4.55. The van der Waals surface area contributed by atoms with Crippen LogP contribution in [0.4, 0.5) is 10.5 Å². The van der Waals surface area contributed by atoms with Gasteiger partial charge in [0.05, 0.1) is 6.61 Å². The van der Waals surface area contributed by atoms with Crippen molar-refractivity contribution in [3.8, 4) is 0 Å². The van der Waals surface area contributed by atoms with Crippen molar-refractivity contribution in [1.82, 2.24) is 0 Å². The topological polar surface area (TPSA) is 47.6 Å². The molecule has 1 aliphatic rings. The lowest BCUT2D eigenvalue weighted by Gasteiger charge is -2.20. The first-order chi connectivity index (χ1) is 9.33. The maximum atomic E-state index is 11.8. The third-order valence-electron chi connectivity index (χ3n) is 2.97. The molecule has 1 aromatic rings. The van der Waals surface area contributed by atoms with E-state index in [0.29, 0.717) is 23.2 Å². The number of ether oxygens (including phenoxy) is 2. The molecule has 1 aromatic carbocycles. The number of amides is 1. The Hall–Kier alpha value is -1.26. The van der Waals surface area contributed by atoms with Crippen molar-refractivity contribution in [2.24, 2.45) is 0 Å². The molecule has 0 bridgehead atoms. The second-order valence-corrected chi connectivity index (χ2v) is 6.40. The predicted molar refractivity (Wildman–Crippen MR) is 79.5 cm³/mol. The molecule has 0 aliphatic carbocycles. The van der Waals surface area contributed by atoms with Gasteiger partial charge in [0.1, 0.15) is 5.60 Å². The number of hydrogen-bond acceptors (Lipinski definition) is 3. The van der Waals surface area contributed by atoms with E-state index in [-0.39, 0.29) is 0 Å². The highest BCUT2D eigenvalue weighted by Gasteiger charge is 2.20. The van der Waals surface area contributed by atoms with Crippen LogP contribution in [0.25, 0.3) is 0 Å². The summed E-state index contributed by atoms with van der Waals surface area (Å²) < 4.78 is 10.6. The fourth-order valence-electron chi connectivity index (χ4n) is 2.14. The monoisotopic (exact) mass is 297 g/mol. The number of anilines is 1. The second kappa shape index (κ2) is 6.02. The van der Waals surface area contributed by atoms with Crippen LogP contribution < -0.4 is 5.32 Å². The van der Waals surface area contributed by atoms with Gasteiger partial charge in [0.25, 0.3) is 0 Å². The number of carbonyl (C=O) groups is 1. The van der Waals surface area contributed by atoms with Crippen LogP contribution in [0, 0.1) is 0 Å². The molecule has 0 saturated carbocycles. The molecule has 1 saturated heterocycles. The van der Waals surface area contributed by atoms with Crippen molar-refractivity contribution in [2.75, 3.05) is 18.5 Å². The summed E-state index contributed by atoms with van der Waals surface area (Å²) in [5.74, 6) is 0.341. The van der Waals surface area contributed by atoms with Gasteiger partial charge in [0, 0.05) is 23.2 Å². The average molecular weight is 298 g/mol. The molecule has 1 atom stereocenters. The normalized spacial score (nSPS) is 18.9. The molecule has 0 aromatic heterocycles. The van der Waals surface area contributed by atoms with Crippen LogP contribution in [0.2, 0.25) is 5.02 Å². The lowest BCUT2D eigenvalue weighted by molar-refractivity contribution is 0.0636. The Morgan fingerprint density at radius 3 is 2.75 bits per heavy atom. The first-order valence-electron chi connectivity index (χ1n) is 6.72. The summed E-state index contributed by atoms with van der Waals surface area (Å²) in [4.78, 5) is 11.8. The highest BCUT2D eigenvalue weighted by Crippen LogP contribution is 2.30. The van der Waals surface area contributed by atoms with E-state index in [1.807, 2.05) is 32.9 Å². The third-order valence-corrected chi connectivity index (χ3v) is 3.18. The van der Waals surface area contributed by atoms with Crippen molar-refractivity contribution < 1.29 is 14.3 Å². The number of hydrogen-bond donors (Lipinski definition) is 1. The minimum Gasteiger partial charge on any atom is -0.444 e. The standard InChI is InChI=1S/C15H20ClNO3/c1-15(2,3)20-14(18)17-13-7-11(6-12(16)8-13)10-4-5-19-9-10/h6-8,10H,4-5,9H2,1-3H3,(H,17,18). The first-order valence-corrected chi connectivity index (χ1v) is 7.09. The van der Waals surface area contributed by atoms with Crippen LogP contribution in [0.15, 0.2) is 18.2 Å². The van der Waals surface area contributed by atoms with Crippen LogP contribution in [-0.2, 0) is 9.47 Å². The van der Waals surface area contributed by atoms with Crippen molar-refractivity contribution in [3.63, 3.8) is 0 Å². The van der Waals surface area contributed by atoms with Crippen molar-refractivity contribution in [3.05, 3.63) is 28.8 Å². The van der Waals surface area contributed by atoms with Gasteiger partial charge in [-0.3, -0.25) is 5.32 Å². The van der Waals surface area contributed by atoms with E-state index in [9.17, 15) is 4.79 Å². The molecule has 1 amide bonds. The van der Waals surface area contributed by atoms with E-state index in [0.717, 1.165) is 18.6 Å². The molecule has 1 heterocycles. The van der Waals surface area contributed by atoms with Crippen molar-refractivity contribution in [1.29, 1.82) is 0 Å². The van der Waals surface area contributed by atoms with Gasteiger partial charge in [-0.2, -0.15) is 0 Å². The van der Waals surface area contributed by atoms with E-state index in [1.54, 1.807) is 6.07 Å². The number of nitrogens with one attached hydrogen (secondary N) is 1. The summed E-state index contributed by atoms with van der Waals surface area (Å²) in [6.45, 7) is 6.95. The smallest absolute Gasteiger partial charge is 0.412 e. The zero-order valence-corrected chi connectivity index (χ0v) is 12.8. The molecule has 5 heteroatoms. The predicted octanol–water partition coefficient (Wildman–Crippen LogP) is 4.19. The van der Waals surface area contributed by atoms with Gasteiger partial charge in [-0.15, -0.1) is 0 Å². The minimum absolute atomic E-state index is 0.341. The molecular weight excluding hydrogens is 278 g/mol. The van der Waals surface area contributed by atoms with Crippen LogP contribution in [-0.4, -0.2) is 24.9 Å². The fraction of sp³-hybridized carbons (Fsp3) is 0.533. The highest BCUT2D eigenvalue weighted by molar-refractivity contribution is 6.31. The molecule has 2 rings (SSSR count). The maximum absolute atomic E-state index is 11.8. The SMILES string of the molecule is CC(C)(C)OC(=O)Nc1cc(Cl)cc(C2CCOC2)c1. The van der Waals surface area contributed by atoms with E-state index >= 15 is 0 Å². The largest absolute Gasteiger partial charge is 0.444 e. The number of halogens is 1. The van der Waals surface area contributed by atoms with Crippen LogP contribution in [0.3, 0.4) is 0 Å². The van der Waals surface area contributed by atoms with Gasteiger partial charge < -0.3 is 9.47 Å². The molecule has 110 valence electrons. The van der Waals surface area contributed by atoms with Gasteiger partial charge in [0.15, 0.2) is 0 Å². The summed E-state index contributed by atoms with van der Waals surface area (Å²) in [6.07, 6.45) is 0.500. The van der Waals surface area contributed by atoms with Crippen LogP contribution >= 0.6 is 11.6 Å². The minimum atomic E-state index is -0.523. The Labute approximate surface area is 124 Å². The number of carbonyl (C=O) groups excluding carboxylic acids is 1. The lowest BCUT2D eigenvalue weighted by Crippen LogP contribution is -2.27. The average Bonchev–Trinajstić information content (AvgIpc) is 2.78. The zero-order valence-electron chi connectivity index (χ0n) is 12.0. The molecule has 1 fully saturated rings. The molecular formula is C15H20ClNO3. The van der Waals surface area contributed by atoms with E-state index < -0.39 is 11.7 Å². The van der Waals surface area contributed by atoms with Gasteiger partial charge >= 0.3 is 6.09 Å². The second-order valence-electron chi connectivity index (χ2n) is 5.96. The van der Waals surface area contributed by atoms with E-state index in [4.69, 9.17) is 21.1 Å². The summed E-state index contributed by atoms with van der Waals surface area (Å²) in [6, 6.07) is 5.56. The fourth-order valence-corrected chi connectivity index (χ4v) is 2.38. The van der Waals surface area contributed by atoms with Gasteiger partial charge in [-0.25, -0.2) is 4.79 Å².